The summed E-state index contributed by atoms with van der Waals surface area (Å²) in [6.07, 6.45) is 2.21. The number of piperidine rings is 1. The van der Waals surface area contributed by atoms with E-state index in [9.17, 15) is 14.7 Å². The highest BCUT2D eigenvalue weighted by atomic mass is 16.5. The molecule has 1 unspecified atom stereocenters. The molecule has 136 valence electrons. The second-order valence-electron chi connectivity index (χ2n) is 7.28. The molecule has 1 amide bonds. The van der Waals surface area contributed by atoms with Crippen molar-refractivity contribution in [2.24, 2.45) is 11.3 Å². The predicted molar refractivity (Wildman–Crippen MR) is 92.1 cm³/mol. The summed E-state index contributed by atoms with van der Waals surface area (Å²) in [6, 6.07) is 5.23. The summed E-state index contributed by atoms with van der Waals surface area (Å²) >= 11 is 0. The zero-order valence-corrected chi connectivity index (χ0v) is 14.9. The second kappa shape index (κ2) is 6.58. The normalized spacial score (nSPS) is 21.3. The van der Waals surface area contributed by atoms with E-state index in [0.29, 0.717) is 30.2 Å². The van der Waals surface area contributed by atoms with Crippen LogP contribution >= 0.6 is 0 Å². The molecule has 25 heavy (non-hydrogen) atoms. The summed E-state index contributed by atoms with van der Waals surface area (Å²) < 4.78 is 11.0. The van der Waals surface area contributed by atoms with Crippen molar-refractivity contribution in [1.82, 2.24) is 4.90 Å². The third-order valence-electron chi connectivity index (χ3n) is 5.32. The van der Waals surface area contributed by atoms with Crippen molar-refractivity contribution < 1.29 is 24.2 Å². The summed E-state index contributed by atoms with van der Waals surface area (Å²) in [5.41, 5.74) is 0.441. The lowest BCUT2D eigenvalue weighted by Crippen LogP contribution is -2.40. The highest BCUT2D eigenvalue weighted by molar-refractivity contribution is 5.97. The molecule has 6 heteroatoms. The van der Waals surface area contributed by atoms with Crippen LogP contribution in [0.25, 0.3) is 0 Å². The molecule has 1 spiro atoms. The van der Waals surface area contributed by atoms with E-state index >= 15 is 0 Å². The number of carbonyl (C=O) groups excluding carboxylic acids is 1. The predicted octanol–water partition coefficient (Wildman–Crippen LogP) is 2.81. The van der Waals surface area contributed by atoms with E-state index in [1.165, 1.54) is 0 Å². The number of methoxy groups -OCH3 is 1. The Morgan fingerprint density at radius 2 is 1.96 bits per heavy atom. The molecule has 0 radical (unpaired) electrons. The molecule has 1 N–H and O–H groups in total. The van der Waals surface area contributed by atoms with Crippen LogP contribution in [0.3, 0.4) is 0 Å². The number of hydrogen-bond acceptors (Lipinski definition) is 4. The first kappa shape index (κ1) is 17.6. The lowest BCUT2D eigenvalue weighted by Gasteiger charge is -2.33. The largest absolute Gasteiger partial charge is 0.497 e. The van der Waals surface area contributed by atoms with Crippen LogP contribution < -0.4 is 9.47 Å². The second-order valence-corrected chi connectivity index (χ2v) is 7.28. The van der Waals surface area contributed by atoms with Gasteiger partial charge in [-0.2, -0.15) is 0 Å². The molecule has 1 aliphatic carbocycles. The van der Waals surface area contributed by atoms with Gasteiger partial charge in [0, 0.05) is 19.2 Å². The third-order valence-corrected chi connectivity index (χ3v) is 5.32. The highest BCUT2D eigenvalue weighted by Gasteiger charge is 2.59. The first-order valence-corrected chi connectivity index (χ1v) is 8.73. The van der Waals surface area contributed by atoms with Gasteiger partial charge in [-0.15, -0.1) is 0 Å². The Morgan fingerprint density at radius 1 is 1.28 bits per heavy atom. The van der Waals surface area contributed by atoms with E-state index in [4.69, 9.17) is 9.47 Å². The monoisotopic (exact) mass is 347 g/mol. The molecule has 1 atom stereocenters. The molecule has 0 bridgehead atoms. The summed E-state index contributed by atoms with van der Waals surface area (Å²) in [4.78, 5) is 25.9. The smallest absolute Gasteiger partial charge is 0.307 e. The number of nitrogens with zero attached hydrogens (tertiary/aromatic N) is 1. The Bertz CT molecular complexity index is 676. The van der Waals surface area contributed by atoms with E-state index in [1.54, 1.807) is 30.2 Å². The molecule has 0 aromatic heterocycles. The zero-order chi connectivity index (χ0) is 18.2. The number of carbonyl (C=O) groups is 2. The van der Waals surface area contributed by atoms with E-state index in [1.807, 2.05) is 13.8 Å². The lowest BCUT2D eigenvalue weighted by atomic mass is 9.90. The first-order chi connectivity index (χ1) is 11.9. The minimum atomic E-state index is -0.706. The maximum atomic E-state index is 12.9. The molecule has 6 nitrogen and oxygen atoms in total. The van der Waals surface area contributed by atoms with Crippen molar-refractivity contribution in [2.45, 2.75) is 39.2 Å². The zero-order valence-electron chi connectivity index (χ0n) is 14.9. The number of aliphatic carboxylic acids is 1. The highest BCUT2D eigenvalue weighted by Crippen LogP contribution is 2.59. The maximum absolute atomic E-state index is 12.9. The Hall–Kier alpha value is -2.24. The Labute approximate surface area is 147 Å². The van der Waals surface area contributed by atoms with Gasteiger partial charge in [-0.1, -0.05) is 0 Å². The topological polar surface area (TPSA) is 76.1 Å². The molecule has 2 fully saturated rings. The van der Waals surface area contributed by atoms with Gasteiger partial charge in [-0.05, 0) is 50.7 Å². The maximum Gasteiger partial charge on any atom is 0.307 e. The molecule has 3 rings (SSSR count). The van der Waals surface area contributed by atoms with Gasteiger partial charge in [0.15, 0.2) is 0 Å². The van der Waals surface area contributed by atoms with Crippen LogP contribution in [0.2, 0.25) is 0 Å². The molecule has 1 aromatic rings. The quantitative estimate of drug-likeness (QED) is 0.886. The van der Waals surface area contributed by atoms with Crippen molar-refractivity contribution in [2.75, 3.05) is 20.2 Å². The SMILES string of the molecule is COc1ccc(C(=O)N2CCC3(CC2)CC3C(=O)O)c(OC(C)C)c1. The van der Waals surface area contributed by atoms with E-state index < -0.39 is 5.97 Å². The lowest BCUT2D eigenvalue weighted by molar-refractivity contribution is -0.139. The molecular formula is C19H25NO5. The molecule has 1 aliphatic heterocycles. The van der Waals surface area contributed by atoms with Crippen molar-refractivity contribution in [3.05, 3.63) is 23.8 Å². The van der Waals surface area contributed by atoms with Gasteiger partial charge in [0.25, 0.3) is 5.91 Å². The summed E-state index contributed by atoms with van der Waals surface area (Å²) in [6.45, 7) is 5.01. The van der Waals surface area contributed by atoms with Crippen LogP contribution in [0.15, 0.2) is 18.2 Å². The van der Waals surface area contributed by atoms with Gasteiger partial charge in [0.05, 0.1) is 24.7 Å². The summed E-state index contributed by atoms with van der Waals surface area (Å²) in [5.74, 6) is 0.162. The minimum Gasteiger partial charge on any atom is -0.497 e. The Balaban J connectivity index is 1.72. The molecule has 1 saturated heterocycles. The van der Waals surface area contributed by atoms with Crippen molar-refractivity contribution >= 4 is 11.9 Å². The molecule has 1 aromatic carbocycles. The van der Waals surface area contributed by atoms with Gasteiger partial charge in [-0.25, -0.2) is 0 Å². The van der Waals surface area contributed by atoms with E-state index in [2.05, 4.69) is 0 Å². The fourth-order valence-corrected chi connectivity index (χ4v) is 3.73. The average Bonchev–Trinajstić information content (AvgIpc) is 3.28. The molecule has 2 aliphatic rings. The Morgan fingerprint density at radius 3 is 2.48 bits per heavy atom. The fraction of sp³-hybridized carbons (Fsp3) is 0.579. The van der Waals surface area contributed by atoms with E-state index in [0.717, 1.165) is 19.3 Å². The number of carboxylic acids is 1. The van der Waals surface area contributed by atoms with Crippen LogP contribution in [-0.4, -0.2) is 48.2 Å². The standard InChI is InChI=1S/C19H25NO5/c1-12(2)25-16-10-13(24-3)4-5-14(16)17(21)20-8-6-19(7-9-20)11-15(19)18(22)23/h4-5,10,12,15H,6-9,11H2,1-3H3,(H,22,23). The fourth-order valence-electron chi connectivity index (χ4n) is 3.73. The molecule has 1 saturated carbocycles. The number of carboxylic acid groups (broad SMARTS) is 1. The molecular weight excluding hydrogens is 322 g/mol. The summed E-state index contributed by atoms with van der Waals surface area (Å²) in [5, 5.41) is 9.18. The minimum absolute atomic E-state index is 0.0499. The number of ether oxygens (including phenoxy) is 2. The van der Waals surface area contributed by atoms with Crippen LogP contribution in [0.4, 0.5) is 0 Å². The Kier molecular flexibility index (Phi) is 4.62. The van der Waals surface area contributed by atoms with Gasteiger partial charge in [0.2, 0.25) is 0 Å². The van der Waals surface area contributed by atoms with E-state index in [-0.39, 0.29) is 23.3 Å². The van der Waals surface area contributed by atoms with Crippen LogP contribution in [0, 0.1) is 11.3 Å². The average molecular weight is 347 g/mol. The van der Waals surface area contributed by atoms with Crippen molar-refractivity contribution in [3.8, 4) is 11.5 Å². The van der Waals surface area contributed by atoms with Crippen LogP contribution in [-0.2, 0) is 4.79 Å². The molecule has 1 heterocycles. The van der Waals surface area contributed by atoms with Crippen LogP contribution in [0.5, 0.6) is 11.5 Å². The number of amides is 1. The van der Waals surface area contributed by atoms with Crippen LogP contribution in [0.1, 0.15) is 43.5 Å². The van der Waals surface area contributed by atoms with Gasteiger partial charge >= 0.3 is 5.97 Å². The number of likely N-dealkylation sites (tertiary alicyclic amines) is 1. The van der Waals surface area contributed by atoms with Crippen molar-refractivity contribution in [1.29, 1.82) is 0 Å². The number of benzene rings is 1. The first-order valence-electron chi connectivity index (χ1n) is 8.73. The number of hydrogen-bond donors (Lipinski definition) is 1. The van der Waals surface area contributed by atoms with Crippen molar-refractivity contribution in [3.63, 3.8) is 0 Å². The van der Waals surface area contributed by atoms with Gasteiger partial charge < -0.3 is 19.5 Å². The number of rotatable bonds is 5. The summed E-state index contributed by atoms with van der Waals surface area (Å²) in [7, 11) is 1.58. The van der Waals surface area contributed by atoms with Gasteiger partial charge in [0.1, 0.15) is 11.5 Å². The third kappa shape index (κ3) is 3.43. The van der Waals surface area contributed by atoms with Gasteiger partial charge in [-0.3, -0.25) is 9.59 Å².